The molecule has 2 rings (SSSR count). The van der Waals surface area contributed by atoms with Crippen molar-refractivity contribution in [1.29, 1.82) is 0 Å². The Kier molecular flexibility index (Phi) is 5.74. The largest absolute Gasteiger partial charge is 0.503 e. The van der Waals surface area contributed by atoms with Gasteiger partial charge in [-0.2, -0.15) is 0 Å². The first-order valence-electron chi connectivity index (χ1n) is 6.70. The molecule has 6 heteroatoms. The fourth-order valence-corrected chi connectivity index (χ4v) is 2.60. The molecule has 0 amide bonds. The third-order valence-corrected chi connectivity index (χ3v) is 3.75. The van der Waals surface area contributed by atoms with E-state index < -0.39 is 11.6 Å². The van der Waals surface area contributed by atoms with Gasteiger partial charge < -0.3 is 15.2 Å². The van der Waals surface area contributed by atoms with Gasteiger partial charge in [-0.05, 0) is 64.3 Å². The highest BCUT2D eigenvalue weighted by atomic mass is 79.9. The number of halogens is 3. The molecule has 0 radical (unpaired) electrons. The van der Waals surface area contributed by atoms with Crippen molar-refractivity contribution in [2.24, 2.45) is 0 Å². The monoisotopic (exact) mass is 371 g/mol. The van der Waals surface area contributed by atoms with Crippen LogP contribution in [0.15, 0.2) is 34.8 Å². The fourth-order valence-electron chi connectivity index (χ4n) is 2.11. The SMILES string of the molecule is COc1cc(CNCCc2cc(F)cc(F)c2)cc(Br)c1O. The minimum Gasteiger partial charge on any atom is -0.503 e. The van der Waals surface area contributed by atoms with Crippen LogP contribution < -0.4 is 10.1 Å². The summed E-state index contributed by atoms with van der Waals surface area (Å²) in [5.74, 6) is -0.690. The lowest BCUT2D eigenvalue weighted by atomic mass is 10.1. The number of rotatable bonds is 6. The van der Waals surface area contributed by atoms with Gasteiger partial charge in [-0.25, -0.2) is 8.78 Å². The molecule has 0 bridgehead atoms. The lowest BCUT2D eigenvalue weighted by molar-refractivity contribution is 0.371. The molecule has 0 fully saturated rings. The smallest absolute Gasteiger partial charge is 0.172 e. The Balaban J connectivity index is 1.90. The second-order valence-corrected chi connectivity index (χ2v) is 5.69. The quantitative estimate of drug-likeness (QED) is 0.759. The third-order valence-electron chi connectivity index (χ3n) is 3.15. The molecule has 22 heavy (non-hydrogen) atoms. The summed E-state index contributed by atoms with van der Waals surface area (Å²) >= 11 is 3.26. The van der Waals surface area contributed by atoms with E-state index in [0.717, 1.165) is 11.6 Å². The molecule has 2 aromatic rings. The van der Waals surface area contributed by atoms with Crippen LogP contribution in [-0.4, -0.2) is 18.8 Å². The van der Waals surface area contributed by atoms with E-state index in [0.29, 0.717) is 35.3 Å². The number of phenols is 1. The van der Waals surface area contributed by atoms with Crippen LogP contribution in [0.4, 0.5) is 8.78 Å². The molecule has 3 nitrogen and oxygen atoms in total. The van der Waals surface area contributed by atoms with Gasteiger partial charge in [0.05, 0.1) is 11.6 Å². The normalized spacial score (nSPS) is 10.7. The average molecular weight is 372 g/mol. The van der Waals surface area contributed by atoms with Gasteiger partial charge in [-0.15, -0.1) is 0 Å². The first kappa shape index (κ1) is 16.7. The topological polar surface area (TPSA) is 41.5 Å². The average Bonchev–Trinajstić information content (AvgIpc) is 2.46. The molecule has 2 aromatic carbocycles. The van der Waals surface area contributed by atoms with Crippen LogP contribution in [0.2, 0.25) is 0 Å². The summed E-state index contributed by atoms with van der Waals surface area (Å²) in [4.78, 5) is 0. The highest BCUT2D eigenvalue weighted by Gasteiger charge is 2.08. The van der Waals surface area contributed by atoms with Crippen LogP contribution in [0, 0.1) is 11.6 Å². The van der Waals surface area contributed by atoms with Gasteiger partial charge in [0.25, 0.3) is 0 Å². The van der Waals surface area contributed by atoms with Crippen LogP contribution in [0.1, 0.15) is 11.1 Å². The summed E-state index contributed by atoms with van der Waals surface area (Å²) in [6.07, 6.45) is 0.519. The van der Waals surface area contributed by atoms with E-state index in [1.165, 1.54) is 19.2 Å². The van der Waals surface area contributed by atoms with Gasteiger partial charge >= 0.3 is 0 Å². The molecule has 0 spiro atoms. The van der Waals surface area contributed by atoms with Gasteiger partial charge in [0.1, 0.15) is 11.6 Å². The molecule has 0 saturated carbocycles. The number of nitrogens with one attached hydrogen (secondary N) is 1. The van der Waals surface area contributed by atoms with E-state index in [1.807, 2.05) is 0 Å². The van der Waals surface area contributed by atoms with Gasteiger partial charge in [0.15, 0.2) is 11.5 Å². The van der Waals surface area contributed by atoms with Gasteiger partial charge in [-0.1, -0.05) is 0 Å². The predicted molar refractivity (Wildman–Crippen MR) is 84.1 cm³/mol. The van der Waals surface area contributed by atoms with Crippen LogP contribution in [-0.2, 0) is 13.0 Å². The molecular formula is C16H16BrF2NO2. The highest BCUT2D eigenvalue weighted by molar-refractivity contribution is 9.10. The molecule has 118 valence electrons. The first-order valence-corrected chi connectivity index (χ1v) is 7.50. The zero-order valence-corrected chi connectivity index (χ0v) is 13.6. The first-order chi connectivity index (χ1) is 10.5. The summed E-state index contributed by atoms with van der Waals surface area (Å²) in [5, 5.41) is 12.9. The number of benzene rings is 2. The fraction of sp³-hybridized carbons (Fsp3) is 0.250. The van der Waals surface area contributed by atoms with Gasteiger partial charge in [0, 0.05) is 12.6 Å². The van der Waals surface area contributed by atoms with Crippen LogP contribution in [0.3, 0.4) is 0 Å². The van der Waals surface area contributed by atoms with Crippen molar-refractivity contribution in [2.75, 3.05) is 13.7 Å². The van der Waals surface area contributed by atoms with Crippen molar-refractivity contribution >= 4 is 15.9 Å². The van der Waals surface area contributed by atoms with Crippen LogP contribution in [0.5, 0.6) is 11.5 Å². The second-order valence-electron chi connectivity index (χ2n) is 4.83. The molecule has 2 N–H and O–H groups in total. The lowest BCUT2D eigenvalue weighted by Crippen LogP contribution is -2.17. The number of hydrogen-bond donors (Lipinski definition) is 2. The standard InChI is InChI=1S/C16H16BrF2NO2/c1-22-15-7-11(6-14(17)16(15)21)9-20-3-2-10-4-12(18)8-13(19)5-10/h4-8,20-21H,2-3,9H2,1H3. The maximum absolute atomic E-state index is 13.1. The Labute approximate surface area is 136 Å². The highest BCUT2D eigenvalue weighted by Crippen LogP contribution is 2.35. The van der Waals surface area contributed by atoms with Crippen molar-refractivity contribution in [3.05, 3.63) is 57.6 Å². The molecule has 0 heterocycles. The summed E-state index contributed by atoms with van der Waals surface area (Å²) < 4.78 is 31.8. The Morgan fingerprint density at radius 1 is 1.09 bits per heavy atom. The number of methoxy groups -OCH3 is 1. The molecule has 0 aliphatic carbocycles. The second kappa shape index (κ2) is 7.56. The van der Waals surface area contributed by atoms with E-state index in [4.69, 9.17) is 4.74 Å². The van der Waals surface area contributed by atoms with Crippen molar-refractivity contribution < 1.29 is 18.6 Å². The lowest BCUT2D eigenvalue weighted by Gasteiger charge is -2.10. The summed E-state index contributed by atoms with van der Waals surface area (Å²) in [6.45, 7) is 1.12. The van der Waals surface area contributed by atoms with E-state index in [9.17, 15) is 13.9 Å². The van der Waals surface area contributed by atoms with Gasteiger partial charge in [-0.3, -0.25) is 0 Å². The van der Waals surface area contributed by atoms with Gasteiger partial charge in [0.2, 0.25) is 0 Å². The van der Waals surface area contributed by atoms with Crippen molar-refractivity contribution in [3.63, 3.8) is 0 Å². The van der Waals surface area contributed by atoms with Crippen molar-refractivity contribution in [3.8, 4) is 11.5 Å². The Bertz CT molecular complexity index is 645. The van der Waals surface area contributed by atoms with E-state index in [2.05, 4.69) is 21.2 Å². The maximum atomic E-state index is 13.1. The number of aromatic hydroxyl groups is 1. The maximum Gasteiger partial charge on any atom is 0.172 e. The van der Waals surface area contributed by atoms with E-state index in [-0.39, 0.29) is 5.75 Å². The minimum atomic E-state index is -0.567. The number of ether oxygens (including phenoxy) is 1. The molecular weight excluding hydrogens is 356 g/mol. The van der Waals surface area contributed by atoms with E-state index >= 15 is 0 Å². The molecule has 0 saturated heterocycles. The molecule has 0 atom stereocenters. The zero-order valence-electron chi connectivity index (χ0n) is 12.0. The summed E-state index contributed by atoms with van der Waals surface area (Å²) in [7, 11) is 1.48. The van der Waals surface area contributed by atoms with Crippen molar-refractivity contribution in [2.45, 2.75) is 13.0 Å². The molecule has 0 unspecified atom stereocenters. The summed E-state index contributed by atoms with van der Waals surface area (Å²) in [6, 6.07) is 7.02. The number of phenolic OH excluding ortho intramolecular Hbond substituents is 1. The van der Waals surface area contributed by atoms with Crippen molar-refractivity contribution in [1.82, 2.24) is 5.32 Å². The number of hydrogen-bond acceptors (Lipinski definition) is 3. The Morgan fingerprint density at radius 3 is 2.41 bits per heavy atom. The third kappa shape index (κ3) is 4.42. The van der Waals surface area contributed by atoms with E-state index in [1.54, 1.807) is 12.1 Å². The minimum absolute atomic E-state index is 0.0569. The zero-order chi connectivity index (χ0) is 16.1. The summed E-state index contributed by atoms with van der Waals surface area (Å²) in [5.41, 5.74) is 1.53. The Morgan fingerprint density at radius 2 is 1.77 bits per heavy atom. The van der Waals surface area contributed by atoms with Crippen LogP contribution >= 0.6 is 15.9 Å². The molecule has 0 aliphatic heterocycles. The van der Waals surface area contributed by atoms with Crippen LogP contribution in [0.25, 0.3) is 0 Å². The predicted octanol–water partition coefficient (Wildman–Crippen LogP) is 3.77. The Hall–Kier alpha value is -1.66. The molecule has 0 aromatic heterocycles. The molecule has 0 aliphatic rings.